The predicted molar refractivity (Wildman–Crippen MR) is 74.4 cm³/mol. The van der Waals surface area contributed by atoms with Crippen molar-refractivity contribution in [3.63, 3.8) is 0 Å². The van der Waals surface area contributed by atoms with Crippen LogP contribution in [-0.4, -0.2) is 37.1 Å². The summed E-state index contributed by atoms with van der Waals surface area (Å²) in [5.41, 5.74) is 0.473. The summed E-state index contributed by atoms with van der Waals surface area (Å²) in [6.07, 6.45) is -1.04. The highest BCUT2D eigenvalue weighted by Gasteiger charge is 2.22. The molecule has 0 aliphatic heterocycles. The standard InChI is InChI=1S/C12H16N2O5S/c1-7-5-9(14(18)19)6-13-11(7)12(17)10(16)3-4-20-8(2)15/h5-6,10,12,16-17H,3-4H2,1-2H3. The zero-order chi connectivity index (χ0) is 15.3. The van der Waals surface area contributed by atoms with Crippen LogP contribution in [0.3, 0.4) is 0 Å². The summed E-state index contributed by atoms with van der Waals surface area (Å²) >= 11 is 1.06. The number of aliphatic hydroxyl groups excluding tert-OH is 2. The third-order valence-electron chi connectivity index (χ3n) is 2.68. The number of hydrogen-bond donors (Lipinski definition) is 2. The lowest BCUT2D eigenvalue weighted by atomic mass is 10.0. The molecule has 0 fully saturated rings. The van der Waals surface area contributed by atoms with Gasteiger partial charge in [0.2, 0.25) is 0 Å². The summed E-state index contributed by atoms with van der Waals surface area (Å²) in [7, 11) is 0. The van der Waals surface area contributed by atoms with Crippen molar-refractivity contribution in [1.82, 2.24) is 4.98 Å². The fourth-order valence-electron chi connectivity index (χ4n) is 1.64. The first kappa shape index (κ1) is 16.5. The number of thioether (sulfide) groups is 1. The van der Waals surface area contributed by atoms with Gasteiger partial charge in [0.15, 0.2) is 5.12 Å². The van der Waals surface area contributed by atoms with Crippen molar-refractivity contribution >= 4 is 22.6 Å². The second kappa shape index (κ2) is 7.32. The first-order valence-corrected chi connectivity index (χ1v) is 6.92. The summed E-state index contributed by atoms with van der Waals surface area (Å²) in [4.78, 5) is 24.6. The number of pyridine rings is 1. The van der Waals surface area contributed by atoms with E-state index >= 15 is 0 Å². The lowest BCUT2D eigenvalue weighted by molar-refractivity contribution is -0.385. The minimum atomic E-state index is -1.23. The van der Waals surface area contributed by atoms with Crippen molar-refractivity contribution in [3.8, 4) is 0 Å². The SMILES string of the molecule is CC(=O)SCCC(O)C(O)c1ncc([N+](=O)[O-])cc1C. The van der Waals surface area contributed by atoms with Gasteiger partial charge < -0.3 is 10.2 Å². The van der Waals surface area contributed by atoms with Gasteiger partial charge in [-0.2, -0.15) is 0 Å². The lowest BCUT2D eigenvalue weighted by Crippen LogP contribution is -2.21. The molecule has 0 saturated carbocycles. The summed E-state index contributed by atoms with van der Waals surface area (Å²) in [6, 6.07) is 1.29. The molecular weight excluding hydrogens is 284 g/mol. The first-order valence-electron chi connectivity index (χ1n) is 5.93. The number of aromatic nitrogens is 1. The van der Waals surface area contributed by atoms with Crippen molar-refractivity contribution in [2.24, 2.45) is 0 Å². The van der Waals surface area contributed by atoms with E-state index in [9.17, 15) is 25.1 Å². The number of carbonyl (C=O) groups is 1. The van der Waals surface area contributed by atoms with Crippen molar-refractivity contribution < 1.29 is 19.9 Å². The summed E-state index contributed by atoms with van der Waals surface area (Å²) < 4.78 is 0. The van der Waals surface area contributed by atoms with Crippen molar-refractivity contribution in [3.05, 3.63) is 33.6 Å². The Balaban J connectivity index is 2.73. The van der Waals surface area contributed by atoms with Gasteiger partial charge in [-0.3, -0.25) is 19.9 Å². The van der Waals surface area contributed by atoms with Gasteiger partial charge in [0.05, 0.1) is 16.7 Å². The molecule has 1 aromatic heterocycles. The third kappa shape index (κ3) is 4.55. The van der Waals surface area contributed by atoms with Crippen LogP contribution >= 0.6 is 11.8 Å². The molecular formula is C12H16N2O5S. The van der Waals surface area contributed by atoms with Crippen LogP contribution in [0.15, 0.2) is 12.3 Å². The molecule has 0 spiro atoms. The molecule has 8 heteroatoms. The Bertz CT molecular complexity index is 509. The van der Waals surface area contributed by atoms with Crippen molar-refractivity contribution in [1.29, 1.82) is 0 Å². The van der Waals surface area contributed by atoms with E-state index < -0.39 is 17.1 Å². The maximum atomic E-state index is 10.8. The van der Waals surface area contributed by atoms with Gasteiger partial charge >= 0.3 is 0 Å². The summed E-state index contributed by atoms with van der Waals surface area (Å²) in [6.45, 7) is 3.01. The van der Waals surface area contributed by atoms with E-state index in [1.165, 1.54) is 13.0 Å². The highest BCUT2D eigenvalue weighted by Crippen LogP contribution is 2.24. The third-order valence-corrected chi connectivity index (χ3v) is 3.53. The molecule has 110 valence electrons. The van der Waals surface area contributed by atoms with Crippen LogP contribution in [0.1, 0.15) is 30.7 Å². The molecule has 0 aromatic carbocycles. The summed E-state index contributed by atoms with van der Waals surface area (Å²) in [5.74, 6) is 0.388. The molecule has 0 aliphatic rings. The van der Waals surface area contributed by atoms with Crippen LogP contribution in [0.5, 0.6) is 0 Å². The number of hydrogen-bond acceptors (Lipinski definition) is 7. The van der Waals surface area contributed by atoms with Crippen LogP contribution in [0.2, 0.25) is 0 Å². The number of rotatable bonds is 6. The maximum absolute atomic E-state index is 10.8. The van der Waals surface area contributed by atoms with E-state index in [2.05, 4.69) is 4.98 Å². The van der Waals surface area contributed by atoms with E-state index in [1.807, 2.05) is 0 Å². The monoisotopic (exact) mass is 300 g/mol. The molecule has 0 radical (unpaired) electrons. The molecule has 2 atom stereocenters. The molecule has 2 N–H and O–H groups in total. The lowest BCUT2D eigenvalue weighted by Gasteiger charge is -2.18. The van der Waals surface area contributed by atoms with Gasteiger partial charge in [0.1, 0.15) is 12.3 Å². The van der Waals surface area contributed by atoms with Gasteiger partial charge in [0.25, 0.3) is 5.69 Å². The topological polar surface area (TPSA) is 114 Å². The average Bonchev–Trinajstić information content (AvgIpc) is 2.37. The molecule has 0 bridgehead atoms. The Morgan fingerprint density at radius 1 is 1.55 bits per heavy atom. The maximum Gasteiger partial charge on any atom is 0.287 e. The Labute approximate surface area is 120 Å². The van der Waals surface area contributed by atoms with Gasteiger partial charge in [-0.15, -0.1) is 0 Å². The minimum Gasteiger partial charge on any atom is -0.390 e. The normalized spacial score (nSPS) is 13.8. The second-order valence-corrected chi connectivity index (χ2v) is 5.57. The van der Waals surface area contributed by atoms with Gasteiger partial charge in [-0.05, 0) is 18.9 Å². The Hall–Kier alpha value is -1.51. The highest BCUT2D eigenvalue weighted by atomic mass is 32.2. The number of nitrogens with zero attached hydrogens (tertiary/aromatic N) is 2. The van der Waals surface area contributed by atoms with E-state index in [0.29, 0.717) is 11.3 Å². The van der Waals surface area contributed by atoms with Crippen LogP contribution in [0, 0.1) is 17.0 Å². The van der Waals surface area contributed by atoms with Crippen LogP contribution in [0.25, 0.3) is 0 Å². The van der Waals surface area contributed by atoms with Crippen molar-refractivity contribution in [2.45, 2.75) is 32.5 Å². The molecule has 0 aliphatic carbocycles. The smallest absolute Gasteiger partial charge is 0.287 e. The van der Waals surface area contributed by atoms with E-state index in [4.69, 9.17) is 0 Å². The number of aryl methyl sites for hydroxylation is 1. The van der Waals surface area contributed by atoms with Crippen molar-refractivity contribution in [2.75, 3.05) is 5.75 Å². The zero-order valence-electron chi connectivity index (χ0n) is 11.1. The Kier molecular flexibility index (Phi) is 6.05. The Morgan fingerprint density at radius 2 is 2.20 bits per heavy atom. The zero-order valence-corrected chi connectivity index (χ0v) is 12.0. The number of aliphatic hydroxyl groups is 2. The minimum absolute atomic E-state index is 0.0590. The highest BCUT2D eigenvalue weighted by molar-refractivity contribution is 8.13. The molecule has 0 amide bonds. The fraction of sp³-hybridized carbons (Fsp3) is 0.500. The quantitative estimate of drug-likeness (QED) is 0.602. The molecule has 1 heterocycles. The second-order valence-electron chi connectivity index (χ2n) is 4.29. The van der Waals surface area contributed by atoms with E-state index in [1.54, 1.807) is 6.92 Å². The Morgan fingerprint density at radius 3 is 2.70 bits per heavy atom. The molecule has 2 unspecified atom stereocenters. The predicted octanol–water partition coefficient (Wildman–Crippen LogP) is 1.36. The molecule has 0 saturated heterocycles. The molecule has 7 nitrogen and oxygen atoms in total. The van der Waals surface area contributed by atoms with E-state index in [0.717, 1.165) is 18.0 Å². The van der Waals surface area contributed by atoms with Gasteiger partial charge in [0, 0.05) is 18.7 Å². The van der Waals surface area contributed by atoms with Gasteiger partial charge in [-0.1, -0.05) is 11.8 Å². The summed E-state index contributed by atoms with van der Waals surface area (Å²) in [5, 5.41) is 30.4. The van der Waals surface area contributed by atoms with Crippen LogP contribution in [0.4, 0.5) is 5.69 Å². The van der Waals surface area contributed by atoms with Crippen LogP contribution < -0.4 is 0 Å². The molecule has 20 heavy (non-hydrogen) atoms. The van der Waals surface area contributed by atoms with E-state index in [-0.39, 0.29) is 22.9 Å². The van der Waals surface area contributed by atoms with Crippen LogP contribution in [-0.2, 0) is 4.79 Å². The average molecular weight is 300 g/mol. The first-order chi connectivity index (χ1) is 9.32. The number of carbonyl (C=O) groups excluding carboxylic acids is 1. The molecule has 1 aromatic rings. The van der Waals surface area contributed by atoms with Gasteiger partial charge in [-0.25, -0.2) is 0 Å². The number of nitro groups is 1. The largest absolute Gasteiger partial charge is 0.390 e. The molecule has 1 rings (SSSR count). The fourth-order valence-corrected chi connectivity index (χ4v) is 2.29.